The van der Waals surface area contributed by atoms with Crippen LogP contribution in [0.2, 0.25) is 5.02 Å². The minimum Gasteiger partial charge on any atom is -0.486 e. The number of hydrogen-bond acceptors (Lipinski definition) is 4. The van der Waals surface area contributed by atoms with E-state index >= 15 is 0 Å². The van der Waals surface area contributed by atoms with Gasteiger partial charge in [-0.1, -0.05) is 11.6 Å². The van der Waals surface area contributed by atoms with Gasteiger partial charge in [0.1, 0.15) is 13.2 Å². The van der Waals surface area contributed by atoms with Crippen LogP contribution in [-0.2, 0) is 9.53 Å². The summed E-state index contributed by atoms with van der Waals surface area (Å²) in [6.45, 7) is 3.13. The van der Waals surface area contributed by atoms with Gasteiger partial charge in [-0.25, -0.2) is 0 Å². The highest BCUT2D eigenvalue weighted by Gasteiger charge is 2.20. The number of hydrogen-bond donors (Lipinski definition) is 0. The van der Waals surface area contributed by atoms with E-state index < -0.39 is 0 Å². The van der Waals surface area contributed by atoms with Gasteiger partial charge in [-0.2, -0.15) is 0 Å². The summed E-state index contributed by atoms with van der Waals surface area (Å²) in [5.74, 6) is 0.901. The first kappa shape index (κ1) is 15.3. The zero-order valence-electron chi connectivity index (χ0n) is 11.2. The minimum atomic E-state index is -0.326. The van der Waals surface area contributed by atoms with E-state index in [1.165, 1.54) is 0 Å². The van der Waals surface area contributed by atoms with Crippen molar-refractivity contribution < 1.29 is 19.0 Å². The Labute approximate surface area is 127 Å². The first-order valence-corrected chi connectivity index (χ1v) is 7.32. The van der Waals surface area contributed by atoms with Crippen LogP contribution in [0.4, 0.5) is 0 Å². The van der Waals surface area contributed by atoms with Crippen molar-refractivity contribution in [2.75, 3.05) is 19.8 Å². The molecule has 0 aromatic heterocycles. The van der Waals surface area contributed by atoms with Crippen molar-refractivity contribution in [1.29, 1.82) is 0 Å². The number of ether oxygens (including phenoxy) is 3. The molecule has 1 aliphatic rings. The standard InChI is InChI=1S/C14H16Cl2O4/c1-2-18-13(17)4-3-10(15)9-7-11(16)14-12(8-9)19-5-6-20-14/h7-8,10H,2-6H2,1H3. The molecule has 1 unspecified atom stereocenters. The van der Waals surface area contributed by atoms with Gasteiger partial charge in [-0.3, -0.25) is 4.79 Å². The molecule has 1 heterocycles. The molecule has 0 bridgehead atoms. The summed E-state index contributed by atoms with van der Waals surface area (Å²) in [6.07, 6.45) is 0.754. The Morgan fingerprint density at radius 2 is 2.15 bits per heavy atom. The molecule has 0 N–H and O–H groups in total. The van der Waals surface area contributed by atoms with Crippen LogP contribution in [0.15, 0.2) is 12.1 Å². The lowest BCUT2D eigenvalue weighted by Crippen LogP contribution is -2.16. The van der Waals surface area contributed by atoms with Crippen molar-refractivity contribution in [1.82, 2.24) is 0 Å². The van der Waals surface area contributed by atoms with E-state index in [1.807, 2.05) is 6.07 Å². The van der Waals surface area contributed by atoms with Crippen LogP contribution in [0, 0.1) is 0 Å². The first-order valence-electron chi connectivity index (χ1n) is 6.50. The molecule has 110 valence electrons. The molecule has 1 aromatic rings. The summed E-state index contributed by atoms with van der Waals surface area (Å²) in [7, 11) is 0. The fraction of sp³-hybridized carbons (Fsp3) is 0.500. The van der Waals surface area contributed by atoms with E-state index in [9.17, 15) is 4.79 Å². The van der Waals surface area contributed by atoms with Crippen molar-refractivity contribution in [3.8, 4) is 11.5 Å². The summed E-state index contributed by atoms with van der Waals surface area (Å²) in [5.41, 5.74) is 0.810. The lowest BCUT2D eigenvalue weighted by Gasteiger charge is -2.21. The highest BCUT2D eigenvalue weighted by molar-refractivity contribution is 6.32. The highest BCUT2D eigenvalue weighted by Crippen LogP contribution is 2.41. The molecule has 0 radical (unpaired) electrons. The Balaban J connectivity index is 2.04. The van der Waals surface area contributed by atoms with Crippen LogP contribution in [-0.4, -0.2) is 25.8 Å². The Kier molecular flexibility index (Phi) is 5.38. The number of esters is 1. The van der Waals surface area contributed by atoms with Gasteiger partial charge in [0.15, 0.2) is 11.5 Å². The normalized spacial score (nSPS) is 14.8. The van der Waals surface area contributed by atoms with E-state index in [-0.39, 0.29) is 17.8 Å². The zero-order valence-corrected chi connectivity index (χ0v) is 12.7. The predicted octanol–water partition coefficient (Wildman–Crippen LogP) is 3.73. The molecule has 1 aromatic carbocycles. The van der Waals surface area contributed by atoms with Crippen molar-refractivity contribution in [2.45, 2.75) is 25.1 Å². The number of carbonyl (C=O) groups excluding carboxylic acids is 1. The lowest BCUT2D eigenvalue weighted by molar-refractivity contribution is -0.143. The van der Waals surface area contributed by atoms with Gasteiger partial charge in [0.2, 0.25) is 0 Å². The third-order valence-corrected chi connectivity index (χ3v) is 3.64. The lowest BCUT2D eigenvalue weighted by atomic mass is 10.1. The van der Waals surface area contributed by atoms with Crippen molar-refractivity contribution >= 4 is 29.2 Å². The molecule has 0 saturated heterocycles. The molecular formula is C14H16Cl2O4. The quantitative estimate of drug-likeness (QED) is 0.613. The summed E-state index contributed by atoms with van der Waals surface area (Å²) < 4.78 is 15.8. The number of halogens is 2. The van der Waals surface area contributed by atoms with Crippen molar-refractivity contribution in [3.63, 3.8) is 0 Å². The van der Waals surface area contributed by atoms with E-state index in [4.69, 9.17) is 37.4 Å². The molecule has 0 saturated carbocycles. The molecule has 2 rings (SSSR count). The topological polar surface area (TPSA) is 44.8 Å². The average molecular weight is 319 g/mol. The van der Waals surface area contributed by atoms with Crippen LogP contribution >= 0.6 is 23.2 Å². The van der Waals surface area contributed by atoms with Crippen LogP contribution in [0.25, 0.3) is 0 Å². The van der Waals surface area contributed by atoms with Crippen molar-refractivity contribution in [3.05, 3.63) is 22.7 Å². The molecule has 4 nitrogen and oxygen atoms in total. The Morgan fingerprint density at radius 1 is 1.40 bits per heavy atom. The second kappa shape index (κ2) is 7.04. The third-order valence-electron chi connectivity index (χ3n) is 2.89. The molecule has 1 atom stereocenters. The SMILES string of the molecule is CCOC(=O)CCC(Cl)c1cc(Cl)c2c(c1)OCCO2. The maximum atomic E-state index is 11.3. The zero-order chi connectivity index (χ0) is 14.5. The Morgan fingerprint density at radius 3 is 2.90 bits per heavy atom. The maximum absolute atomic E-state index is 11.3. The largest absolute Gasteiger partial charge is 0.486 e. The average Bonchev–Trinajstić information content (AvgIpc) is 2.45. The van der Waals surface area contributed by atoms with Crippen LogP contribution in [0.3, 0.4) is 0 Å². The molecule has 0 aliphatic carbocycles. The number of carbonyl (C=O) groups is 1. The van der Waals surface area contributed by atoms with Gasteiger partial charge in [0, 0.05) is 6.42 Å². The summed E-state index contributed by atoms with van der Waals surface area (Å²) >= 11 is 12.5. The number of benzene rings is 1. The molecule has 1 aliphatic heterocycles. The van der Waals surface area contributed by atoms with Gasteiger partial charge in [0.05, 0.1) is 17.0 Å². The van der Waals surface area contributed by atoms with Crippen LogP contribution < -0.4 is 9.47 Å². The molecular weight excluding hydrogens is 303 g/mol. The summed E-state index contributed by atoms with van der Waals surface area (Å²) in [5, 5.41) is 0.145. The number of fused-ring (bicyclic) bond motifs is 1. The predicted molar refractivity (Wildman–Crippen MR) is 76.9 cm³/mol. The summed E-state index contributed by atoms with van der Waals surface area (Å²) in [4.78, 5) is 11.3. The first-order chi connectivity index (χ1) is 9.61. The monoisotopic (exact) mass is 318 g/mol. The van der Waals surface area contributed by atoms with Crippen LogP contribution in [0.5, 0.6) is 11.5 Å². The van der Waals surface area contributed by atoms with E-state index in [0.29, 0.717) is 42.8 Å². The minimum absolute atomic E-state index is 0.248. The van der Waals surface area contributed by atoms with E-state index in [0.717, 1.165) is 5.56 Å². The third kappa shape index (κ3) is 3.70. The van der Waals surface area contributed by atoms with Gasteiger partial charge < -0.3 is 14.2 Å². The van der Waals surface area contributed by atoms with Gasteiger partial charge in [0.25, 0.3) is 0 Å². The number of rotatable bonds is 5. The maximum Gasteiger partial charge on any atom is 0.305 e. The fourth-order valence-corrected chi connectivity index (χ4v) is 2.46. The molecule has 6 heteroatoms. The Hall–Kier alpha value is -1.13. The second-order valence-electron chi connectivity index (χ2n) is 4.34. The molecule has 0 amide bonds. The summed E-state index contributed by atoms with van der Waals surface area (Å²) in [6, 6.07) is 3.56. The van der Waals surface area contributed by atoms with Gasteiger partial charge in [-0.15, -0.1) is 11.6 Å². The van der Waals surface area contributed by atoms with Gasteiger partial charge in [-0.05, 0) is 31.0 Å². The molecule has 0 fully saturated rings. The second-order valence-corrected chi connectivity index (χ2v) is 5.27. The number of alkyl halides is 1. The molecule has 0 spiro atoms. The molecule has 20 heavy (non-hydrogen) atoms. The highest BCUT2D eigenvalue weighted by atomic mass is 35.5. The smallest absolute Gasteiger partial charge is 0.305 e. The van der Waals surface area contributed by atoms with E-state index in [1.54, 1.807) is 13.0 Å². The van der Waals surface area contributed by atoms with Crippen LogP contribution in [0.1, 0.15) is 30.7 Å². The van der Waals surface area contributed by atoms with Gasteiger partial charge >= 0.3 is 5.97 Å². The Bertz CT molecular complexity index is 490. The fourth-order valence-electron chi connectivity index (χ4n) is 1.96. The van der Waals surface area contributed by atoms with Crippen molar-refractivity contribution in [2.24, 2.45) is 0 Å². The van der Waals surface area contributed by atoms with E-state index in [2.05, 4.69) is 0 Å².